The molecule has 0 aliphatic carbocycles. The van der Waals surface area contributed by atoms with Crippen molar-refractivity contribution in [3.8, 4) is 0 Å². The second-order valence-electron chi connectivity index (χ2n) is 4.80. The second kappa shape index (κ2) is 6.62. The van der Waals surface area contributed by atoms with Crippen molar-refractivity contribution in [1.29, 1.82) is 0 Å². The molecule has 1 fully saturated rings. The van der Waals surface area contributed by atoms with Gasteiger partial charge in [0, 0.05) is 25.7 Å². The lowest BCUT2D eigenvalue weighted by Gasteiger charge is -2.32. The van der Waals surface area contributed by atoms with Crippen molar-refractivity contribution in [2.45, 2.75) is 17.9 Å². The monoisotopic (exact) mass is 302 g/mol. The van der Waals surface area contributed by atoms with Crippen LogP contribution in [0.25, 0.3) is 0 Å². The first kappa shape index (κ1) is 15.4. The number of rotatable bonds is 5. The minimum absolute atomic E-state index is 0.0769. The zero-order valence-corrected chi connectivity index (χ0v) is 12.2. The highest BCUT2D eigenvalue weighted by atomic mass is 32.2. The molecule has 1 aliphatic rings. The van der Waals surface area contributed by atoms with E-state index < -0.39 is 15.8 Å². The van der Waals surface area contributed by atoms with Gasteiger partial charge >= 0.3 is 0 Å². The second-order valence-corrected chi connectivity index (χ2v) is 6.57. The number of ether oxygens (including phenoxy) is 1. The molecule has 7 heteroatoms. The van der Waals surface area contributed by atoms with Gasteiger partial charge in [0.25, 0.3) is 0 Å². The first-order valence-electron chi connectivity index (χ1n) is 6.56. The van der Waals surface area contributed by atoms with Crippen LogP contribution in [0.3, 0.4) is 0 Å². The Morgan fingerprint density at radius 2 is 1.90 bits per heavy atom. The summed E-state index contributed by atoms with van der Waals surface area (Å²) in [7, 11) is -3.59. The lowest BCUT2D eigenvalue weighted by molar-refractivity contribution is 0.0213. The number of halogens is 1. The van der Waals surface area contributed by atoms with Gasteiger partial charge in [-0.3, -0.25) is 4.90 Å². The predicted molar refractivity (Wildman–Crippen MR) is 73.4 cm³/mol. The molecule has 0 aromatic heterocycles. The molecule has 1 aliphatic heterocycles. The Bertz CT molecular complexity index is 527. The minimum Gasteiger partial charge on any atom is -0.379 e. The molecule has 0 bridgehead atoms. The first-order chi connectivity index (χ1) is 9.49. The number of morpholine rings is 1. The van der Waals surface area contributed by atoms with Crippen molar-refractivity contribution >= 4 is 10.0 Å². The van der Waals surface area contributed by atoms with E-state index in [1.807, 2.05) is 6.92 Å². The van der Waals surface area contributed by atoms with Crippen molar-refractivity contribution in [1.82, 2.24) is 9.62 Å². The van der Waals surface area contributed by atoms with Crippen LogP contribution in [0.5, 0.6) is 0 Å². The number of nitrogens with zero attached hydrogens (tertiary/aromatic N) is 1. The highest BCUT2D eigenvalue weighted by molar-refractivity contribution is 7.89. The standard InChI is InChI=1S/C13H19FN2O3S/c1-11(16-6-8-19-9-7-16)10-15-20(17,18)13-4-2-12(14)3-5-13/h2-5,11,15H,6-10H2,1H3. The topological polar surface area (TPSA) is 58.6 Å². The summed E-state index contributed by atoms with van der Waals surface area (Å²) in [6.45, 7) is 5.25. The van der Waals surface area contributed by atoms with E-state index in [1.54, 1.807) is 0 Å². The maximum atomic E-state index is 12.8. The highest BCUT2D eigenvalue weighted by Gasteiger charge is 2.20. The number of nitrogens with one attached hydrogen (secondary N) is 1. The molecular formula is C13H19FN2O3S. The van der Waals surface area contributed by atoms with Gasteiger partial charge in [0.1, 0.15) is 5.82 Å². The van der Waals surface area contributed by atoms with Gasteiger partial charge in [0.2, 0.25) is 10.0 Å². The molecule has 0 saturated carbocycles. The molecule has 1 heterocycles. The Kier molecular flexibility index (Phi) is 5.09. The quantitative estimate of drug-likeness (QED) is 0.875. The van der Waals surface area contributed by atoms with Crippen LogP contribution in [0.2, 0.25) is 0 Å². The summed E-state index contributed by atoms with van der Waals surface area (Å²) < 4.78 is 44.7. The lowest BCUT2D eigenvalue weighted by atomic mass is 10.2. The Balaban J connectivity index is 1.93. The molecule has 1 aromatic carbocycles. The van der Waals surface area contributed by atoms with Crippen molar-refractivity contribution < 1.29 is 17.5 Å². The molecular weight excluding hydrogens is 283 g/mol. The molecule has 1 N–H and O–H groups in total. The van der Waals surface area contributed by atoms with E-state index in [0.29, 0.717) is 19.8 Å². The Morgan fingerprint density at radius 3 is 2.50 bits per heavy atom. The molecule has 5 nitrogen and oxygen atoms in total. The van der Waals surface area contributed by atoms with Crippen LogP contribution in [0, 0.1) is 5.82 Å². The summed E-state index contributed by atoms with van der Waals surface area (Å²) in [5.41, 5.74) is 0. The number of hydrogen-bond acceptors (Lipinski definition) is 4. The summed E-state index contributed by atoms with van der Waals surface area (Å²) >= 11 is 0. The van der Waals surface area contributed by atoms with Crippen molar-refractivity contribution in [3.05, 3.63) is 30.1 Å². The maximum Gasteiger partial charge on any atom is 0.240 e. The first-order valence-corrected chi connectivity index (χ1v) is 8.04. The van der Waals surface area contributed by atoms with E-state index >= 15 is 0 Å². The van der Waals surface area contributed by atoms with E-state index in [2.05, 4.69) is 9.62 Å². The third-order valence-corrected chi connectivity index (χ3v) is 4.80. The van der Waals surface area contributed by atoms with Gasteiger partial charge in [-0.2, -0.15) is 0 Å². The van der Waals surface area contributed by atoms with E-state index in [9.17, 15) is 12.8 Å². The predicted octanol–water partition coefficient (Wildman–Crippen LogP) is 0.825. The average molecular weight is 302 g/mol. The maximum absolute atomic E-state index is 12.8. The molecule has 0 amide bonds. The summed E-state index contributed by atoms with van der Waals surface area (Å²) in [6, 6.07) is 4.89. The minimum atomic E-state index is -3.59. The molecule has 1 aromatic rings. The summed E-state index contributed by atoms with van der Waals surface area (Å²) in [5.74, 6) is -0.453. The number of hydrogen-bond donors (Lipinski definition) is 1. The van der Waals surface area contributed by atoms with Gasteiger partial charge in [-0.25, -0.2) is 17.5 Å². The van der Waals surface area contributed by atoms with Gasteiger partial charge < -0.3 is 4.74 Å². The zero-order chi connectivity index (χ0) is 14.6. The largest absolute Gasteiger partial charge is 0.379 e. The molecule has 0 spiro atoms. The fourth-order valence-corrected chi connectivity index (χ4v) is 3.20. The normalized spacial score (nSPS) is 18.9. The van der Waals surface area contributed by atoms with Crippen molar-refractivity contribution in [2.75, 3.05) is 32.8 Å². The van der Waals surface area contributed by atoms with E-state index in [1.165, 1.54) is 12.1 Å². The van der Waals surface area contributed by atoms with E-state index in [0.717, 1.165) is 25.2 Å². The van der Waals surface area contributed by atoms with Gasteiger partial charge in [-0.15, -0.1) is 0 Å². The Hall–Kier alpha value is -1.02. The van der Waals surface area contributed by atoms with Gasteiger partial charge in [0.15, 0.2) is 0 Å². The zero-order valence-electron chi connectivity index (χ0n) is 11.4. The van der Waals surface area contributed by atoms with E-state index in [4.69, 9.17) is 4.74 Å². The third-order valence-electron chi connectivity index (χ3n) is 3.36. The Morgan fingerprint density at radius 1 is 1.30 bits per heavy atom. The Labute approximate surface area is 118 Å². The van der Waals surface area contributed by atoms with Crippen LogP contribution in [0.15, 0.2) is 29.2 Å². The van der Waals surface area contributed by atoms with Crippen molar-refractivity contribution in [2.24, 2.45) is 0 Å². The van der Waals surface area contributed by atoms with Crippen LogP contribution >= 0.6 is 0 Å². The SMILES string of the molecule is CC(CNS(=O)(=O)c1ccc(F)cc1)N1CCOCC1. The molecule has 1 saturated heterocycles. The molecule has 2 rings (SSSR count). The molecule has 20 heavy (non-hydrogen) atoms. The lowest BCUT2D eigenvalue weighted by Crippen LogP contribution is -2.47. The molecule has 1 unspecified atom stereocenters. The van der Waals surface area contributed by atoms with Gasteiger partial charge in [0.05, 0.1) is 18.1 Å². The van der Waals surface area contributed by atoms with Gasteiger partial charge in [-0.1, -0.05) is 0 Å². The van der Waals surface area contributed by atoms with Gasteiger partial charge in [-0.05, 0) is 31.2 Å². The van der Waals surface area contributed by atoms with Crippen LogP contribution in [-0.2, 0) is 14.8 Å². The fourth-order valence-electron chi connectivity index (χ4n) is 2.07. The summed E-state index contributed by atoms with van der Waals surface area (Å²) in [4.78, 5) is 2.25. The molecule has 1 atom stereocenters. The fraction of sp³-hybridized carbons (Fsp3) is 0.538. The molecule has 112 valence electrons. The average Bonchev–Trinajstić information content (AvgIpc) is 2.46. The smallest absolute Gasteiger partial charge is 0.240 e. The summed E-state index contributed by atoms with van der Waals surface area (Å²) in [5, 5.41) is 0. The van der Waals surface area contributed by atoms with Crippen LogP contribution in [0.4, 0.5) is 4.39 Å². The number of benzene rings is 1. The van der Waals surface area contributed by atoms with Crippen LogP contribution in [-0.4, -0.2) is 52.2 Å². The number of sulfonamides is 1. The highest BCUT2D eigenvalue weighted by Crippen LogP contribution is 2.10. The third kappa shape index (κ3) is 3.99. The van der Waals surface area contributed by atoms with Crippen molar-refractivity contribution in [3.63, 3.8) is 0 Å². The molecule has 0 radical (unpaired) electrons. The van der Waals surface area contributed by atoms with Crippen LogP contribution < -0.4 is 4.72 Å². The summed E-state index contributed by atoms with van der Waals surface area (Å²) in [6.07, 6.45) is 0. The van der Waals surface area contributed by atoms with E-state index in [-0.39, 0.29) is 10.9 Å². The van der Waals surface area contributed by atoms with Crippen LogP contribution in [0.1, 0.15) is 6.92 Å².